The summed E-state index contributed by atoms with van der Waals surface area (Å²) in [5.74, 6) is 1.19. The zero-order valence-electron chi connectivity index (χ0n) is 22.0. The molecule has 2 amide bonds. The number of primary amides is 1. The number of anilines is 1. The number of hydrogen-bond acceptors (Lipinski definition) is 7. The summed E-state index contributed by atoms with van der Waals surface area (Å²) in [6.07, 6.45) is 6.73. The number of imidazole rings is 1. The number of ether oxygens (including phenoxy) is 1. The van der Waals surface area contributed by atoms with Crippen LogP contribution < -0.4 is 15.8 Å². The molecular formula is C28H32ClN7O3. The van der Waals surface area contributed by atoms with Crippen molar-refractivity contribution in [2.75, 3.05) is 38.6 Å². The molecule has 4 N–H and O–H groups in total. The van der Waals surface area contributed by atoms with Gasteiger partial charge < -0.3 is 25.7 Å². The first-order valence-corrected chi connectivity index (χ1v) is 13.6. The minimum absolute atomic E-state index is 0.126. The van der Waals surface area contributed by atoms with Crippen LogP contribution in [0, 0.1) is 17.8 Å². The minimum atomic E-state index is -0.306. The summed E-state index contributed by atoms with van der Waals surface area (Å²) < 4.78 is 5.76. The molecule has 1 aliphatic heterocycles. The molecule has 1 saturated carbocycles. The number of aromatic amines is 1. The molecule has 10 nitrogen and oxygen atoms in total. The van der Waals surface area contributed by atoms with Crippen LogP contribution in [0.3, 0.4) is 0 Å². The maximum Gasteiger partial charge on any atom is 0.223 e. The van der Waals surface area contributed by atoms with Crippen LogP contribution in [-0.4, -0.2) is 75.9 Å². The number of methoxy groups -OCH3 is 1. The number of amides is 2. The maximum atomic E-state index is 12.2. The van der Waals surface area contributed by atoms with E-state index in [-0.39, 0.29) is 35.6 Å². The van der Waals surface area contributed by atoms with Gasteiger partial charge in [0, 0.05) is 45.7 Å². The molecule has 2 fully saturated rings. The summed E-state index contributed by atoms with van der Waals surface area (Å²) in [5, 5.41) is 3.94. The van der Waals surface area contributed by atoms with E-state index in [1.807, 2.05) is 17.0 Å². The van der Waals surface area contributed by atoms with Gasteiger partial charge >= 0.3 is 0 Å². The second-order valence-corrected chi connectivity index (χ2v) is 11.0. The number of aromatic nitrogens is 3. The molecule has 2 bridgehead atoms. The van der Waals surface area contributed by atoms with Gasteiger partial charge in [0.2, 0.25) is 11.8 Å². The Bertz CT molecular complexity index is 1460. The first-order chi connectivity index (χ1) is 18.8. The van der Waals surface area contributed by atoms with Crippen molar-refractivity contribution in [2.45, 2.75) is 25.9 Å². The largest absolute Gasteiger partial charge is 0.496 e. The van der Waals surface area contributed by atoms with Crippen LogP contribution in [0.5, 0.6) is 5.75 Å². The van der Waals surface area contributed by atoms with E-state index in [4.69, 9.17) is 27.1 Å². The van der Waals surface area contributed by atoms with Crippen LogP contribution in [0.4, 0.5) is 5.69 Å². The van der Waals surface area contributed by atoms with Gasteiger partial charge in [0.15, 0.2) is 5.65 Å². The molecule has 0 radical (unpaired) electrons. The van der Waals surface area contributed by atoms with E-state index >= 15 is 0 Å². The lowest BCUT2D eigenvalue weighted by Gasteiger charge is -2.34. The Labute approximate surface area is 231 Å². The second kappa shape index (κ2) is 10.2. The van der Waals surface area contributed by atoms with Gasteiger partial charge in [0.05, 0.1) is 35.5 Å². The highest BCUT2D eigenvalue weighted by Gasteiger charge is 2.47. The van der Waals surface area contributed by atoms with Crippen LogP contribution in [0.15, 0.2) is 36.5 Å². The Morgan fingerprint density at radius 2 is 1.97 bits per heavy atom. The molecule has 11 heteroatoms. The molecule has 3 aliphatic rings. The maximum absolute atomic E-state index is 12.2. The normalized spacial score (nSPS) is 24.4. The van der Waals surface area contributed by atoms with Gasteiger partial charge in [-0.05, 0) is 36.0 Å². The molecule has 0 unspecified atom stereocenters. The van der Waals surface area contributed by atoms with E-state index in [0.717, 1.165) is 50.3 Å². The number of piperazine rings is 1. The van der Waals surface area contributed by atoms with Crippen molar-refractivity contribution in [1.82, 2.24) is 24.8 Å². The molecule has 2 aliphatic carbocycles. The van der Waals surface area contributed by atoms with Crippen molar-refractivity contribution >= 4 is 40.3 Å². The highest BCUT2D eigenvalue weighted by Crippen LogP contribution is 2.46. The van der Waals surface area contributed by atoms with Crippen molar-refractivity contribution in [1.29, 1.82) is 0 Å². The zero-order chi connectivity index (χ0) is 27.3. The minimum Gasteiger partial charge on any atom is -0.496 e. The van der Waals surface area contributed by atoms with Gasteiger partial charge in [0.25, 0.3) is 0 Å². The Balaban J connectivity index is 1.26. The monoisotopic (exact) mass is 549 g/mol. The smallest absolute Gasteiger partial charge is 0.223 e. The number of benzene rings is 1. The summed E-state index contributed by atoms with van der Waals surface area (Å²) in [5.41, 5.74) is 9.52. The summed E-state index contributed by atoms with van der Waals surface area (Å²) in [6, 6.07) is 5.95. The fraction of sp³-hybridized carbons (Fsp3) is 0.429. The SMILES string of the molecule is COc1cc(CN2CCN(C(C)=O)CC2)ccc1-c1nc2c(N[C@H]3[C@@H](C(N)=O)[C@@H]4C=C[C@H]3C4)c(Cl)cnc2[nH]1. The van der Waals surface area contributed by atoms with Gasteiger partial charge in [-0.25, -0.2) is 9.97 Å². The third-order valence-electron chi connectivity index (χ3n) is 8.31. The van der Waals surface area contributed by atoms with Crippen LogP contribution in [0.25, 0.3) is 22.6 Å². The first kappa shape index (κ1) is 25.6. The number of fused-ring (bicyclic) bond motifs is 3. The fourth-order valence-corrected chi connectivity index (χ4v) is 6.47. The van der Waals surface area contributed by atoms with Gasteiger partial charge in [0.1, 0.15) is 17.1 Å². The van der Waals surface area contributed by atoms with Gasteiger partial charge in [-0.15, -0.1) is 0 Å². The van der Waals surface area contributed by atoms with Crippen LogP contribution in [0.2, 0.25) is 5.02 Å². The molecule has 1 saturated heterocycles. The molecule has 2 aromatic heterocycles. The molecule has 3 aromatic rings. The highest BCUT2D eigenvalue weighted by molar-refractivity contribution is 6.34. The lowest BCUT2D eigenvalue weighted by Crippen LogP contribution is -2.47. The van der Waals surface area contributed by atoms with E-state index < -0.39 is 0 Å². The summed E-state index contributed by atoms with van der Waals surface area (Å²) in [4.78, 5) is 40.7. The quantitative estimate of drug-likeness (QED) is 0.386. The van der Waals surface area contributed by atoms with Crippen LogP contribution >= 0.6 is 11.6 Å². The molecule has 39 heavy (non-hydrogen) atoms. The van der Waals surface area contributed by atoms with E-state index in [0.29, 0.717) is 33.4 Å². The number of nitrogens with two attached hydrogens (primary N) is 1. The average Bonchev–Trinajstić information content (AvgIpc) is 3.65. The number of H-pyrrole nitrogens is 1. The van der Waals surface area contributed by atoms with Crippen molar-refractivity contribution in [2.24, 2.45) is 23.5 Å². The van der Waals surface area contributed by atoms with Gasteiger partial charge in [-0.2, -0.15) is 0 Å². The lowest BCUT2D eigenvalue weighted by atomic mass is 9.88. The predicted octanol–water partition coefficient (Wildman–Crippen LogP) is 3.04. The number of hydrogen-bond donors (Lipinski definition) is 3. The number of allylic oxidation sites excluding steroid dienone is 1. The summed E-state index contributed by atoms with van der Waals surface area (Å²) >= 11 is 6.60. The number of pyridine rings is 1. The summed E-state index contributed by atoms with van der Waals surface area (Å²) in [6.45, 7) is 5.55. The standard InChI is InChI=1S/C28H32ClN7O3/c1-15(37)36-9-7-35(8-10-36)14-16-3-6-19(21(11-16)39-2)27-33-25-24(20(29)13-31-28(25)34-27)32-23-18-5-4-17(12-18)22(23)26(30)38/h3-6,11,13,17-18,22-23H,7-10,12,14H2,1-2H3,(H2,30,38)(H2,31,32,33,34)/t17-,18+,22+,23-/m1/s1. The molecule has 4 atom stereocenters. The second-order valence-electron chi connectivity index (χ2n) is 10.6. The van der Waals surface area contributed by atoms with Crippen molar-refractivity contribution in [3.8, 4) is 17.1 Å². The number of rotatable bonds is 7. The number of carbonyl (C=O) groups excluding carboxylic acids is 2. The molecule has 204 valence electrons. The highest BCUT2D eigenvalue weighted by atomic mass is 35.5. The molecule has 1 aromatic carbocycles. The van der Waals surface area contributed by atoms with Crippen molar-refractivity contribution in [3.63, 3.8) is 0 Å². The van der Waals surface area contributed by atoms with E-state index in [9.17, 15) is 9.59 Å². The number of carbonyl (C=O) groups is 2. The van der Waals surface area contributed by atoms with Crippen LogP contribution in [0.1, 0.15) is 18.9 Å². The number of nitrogens with one attached hydrogen (secondary N) is 2. The number of halogens is 1. The molecule has 6 rings (SSSR count). The van der Waals surface area contributed by atoms with Crippen LogP contribution in [-0.2, 0) is 16.1 Å². The summed E-state index contributed by atoms with van der Waals surface area (Å²) in [7, 11) is 1.64. The van der Waals surface area contributed by atoms with Gasteiger partial charge in [-0.3, -0.25) is 14.5 Å². The van der Waals surface area contributed by atoms with Crippen molar-refractivity contribution < 1.29 is 14.3 Å². The third kappa shape index (κ3) is 4.72. The Hall–Kier alpha value is -3.63. The topological polar surface area (TPSA) is 129 Å². The van der Waals surface area contributed by atoms with E-state index in [1.54, 1.807) is 20.2 Å². The molecular weight excluding hydrogens is 518 g/mol. The Morgan fingerprint density at radius 1 is 1.21 bits per heavy atom. The van der Waals surface area contributed by atoms with Crippen molar-refractivity contribution in [3.05, 3.63) is 47.1 Å². The average molecular weight is 550 g/mol. The molecule has 3 heterocycles. The molecule has 0 spiro atoms. The Kier molecular flexibility index (Phi) is 6.68. The number of nitrogens with zero attached hydrogens (tertiary/aromatic N) is 4. The first-order valence-electron chi connectivity index (χ1n) is 13.3. The van der Waals surface area contributed by atoms with Gasteiger partial charge in [-0.1, -0.05) is 29.8 Å². The fourth-order valence-electron chi connectivity index (χ4n) is 6.28. The Morgan fingerprint density at radius 3 is 2.69 bits per heavy atom. The van der Waals surface area contributed by atoms with E-state index in [2.05, 4.69) is 38.4 Å². The predicted molar refractivity (Wildman–Crippen MR) is 149 cm³/mol. The lowest BCUT2D eigenvalue weighted by molar-refractivity contribution is -0.130. The van der Waals surface area contributed by atoms with E-state index in [1.165, 1.54) is 0 Å². The zero-order valence-corrected chi connectivity index (χ0v) is 22.7. The third-order valence-corrected chi connectivity index (χ3v) is 8.60.